The number of thiazole rings is 1. The number of nitrogens with one attached hydrogen (secondary N) is 1. The summed E-state index contributed by atoms with van der Waals surface area (Å²) >= 11 is 1.37. The van der Waals surface area contributed by atoms with E-state index >= 15 is 0 Å². The zero-order chi connectivity index (χ0) is 18.4. The zero-order valence-corrected chi connectivity index (χ0v) is 15.5. The number of carbonyl (C=O) groups is 2. The lowest BCUT2D eigenvalue weighted by Crippen LogP contribution is -2.40. The summed E-state index contributed by atoms with van der Waals surface area (Å²) in [6.07, 6.45) is 1.44. The zero-order valence-electron chi connectivity index (χ0n) is 14.7. The first-order valence-corrected chi connectivity index (χ1v) is 9.85. The predicted octanol–water partition coefficient (Wildman–Crippen LogP) is 1.81. The lowest BCUT2D eigenvalue weighted by molar-refractivity contribution is -0.143. The van der Waals surface area contributed by atoms with Gasteiger partial charge in [-0.2, -0.15) is 0 Å². The Hall–Kier alpha value is -2.29. The fourth-order valence-corrected chi connectivity index (χ4v) is 4.99. The minimum Gasteiger partial charge on any atom is -0.375 e. The predicted molar refractivity (Wildman–Crippen MR) is 98.2 cm³/mol. The minimum atomic E-state index is -0.648. The largest absolute Gasteiger partial charge is 0.375 e. The number of nitrogens with zero attached hydrogens (tertiary/aromatic N) is 2. The highest BCUT2D eigenvalue weighted by Crippen LogP contribution is 2.43. The number of ether oxygens (including phenoxy) is 2. The summed E-state index contributed by atoms with van der Waals surface area (Å²) in [6.45, 7) is 2.61. The topological polar surface area (TPSA) is 80.8 Å². The van der Waals surface area contributed by atoms with E-state index in [1.807, 2.05) is 12.1 Å². The average Bonchev–Trinajstić information content (AvgIpc) is 3.39. The number of aromatic nitrogens is 1. The number of fused-ring (bicyclic) bond motifs is 3. The van der Waals surface area contributed by atoms with Crippen molar-refractivity contribution in [3.8, 4) is 0 Å². The summed E-state index contributed by atoms with van der Waals surface area (Å²) in [7, 11) is 0. The van der Waals surface area contributed by atoms with Gasteiger partial charge in [0.2, 0.25) is 0 Å². The fraction of sp³-hybridized carbons (Fsp3) is 0.421. The van der Waals surface area contributed by atoms with Crippen LogP contribution in [-0.2, 0) is 44.3 Å². The van der Waals surface area contributed by atoms with Crippen molar-refractivity contribution in [3.05, 3.63) is 46.0 Å². The van der Waals surface area contributed by atoms with Crippen LogP contribution in [0.5, 0.6) is 0 Å². The molecule has 1 saturated heterocycles. The first-order valence-electron chi connectivity index (χ1n) is 9.04. The Labute approximate surface area is 160 Å². The molecule has 1 atom stereocenters. The maximum Gasteiger partial charge on any atom is 0.315 e. The first-order chi connectivity index (χ1) is 13.1. The van der Waals surface area contributed by atoms with Crippen LogP contribution in [0.2, 0.25) is 0 Å². The molecule has 1 fully saturated rings. The van der Waals surface area contributed by atoms with Crippen molar-refractivity contribution in [3.63, 3.8) is 0 Å². The molecule has 7 nitrogen and oxygen atoms in total. The molecule has 8 heteroatoms. The molecule has 27 heavy (non-hydrogen) atoms. The molecule has 4 heterocycles. The van der Waals surface area contributed by atoms with Gasteiger partial charge in [-0.05, 0) is 17.5 Å². The van der Waals surface area contributed by atoms with Crippen LogP contribution >= 0.6 is 11.3 Å². The van der Waals surface area contributed by atoms with E-state index in [2.05, 4.69) is 22.4 Å². The summed E-state index contributed by atoms with van der Waals surface area (Å²) in [4.78, 5) is 32.1. The molecule has 0 aliphatic carbocycles. The van der Waals surface area contributed by atoms with Crippen LogP contribution in [0.25, 0.3) is 0 Å². The summed E-state index contributed by atoms with van der Waals surface area (Å²) in [5.41, 5.74) is 2.76. The van der Waals surface area contributed by atoms with Gasteiger partial charge in [0.05, 0.1) is 36.9 Å². The number of hydrogen-bond acceptors (Lipinski definition) is 6. The highest BCUT2D eigenvalue weighted by molar-refractivity contribution is 7.16. The summed E-state index contributed by atoms with van der Waals surface area (Å²) < 4.78 is 11.4. The smallest absolute Gasteiger partial charge is 0.315 e. The van der Waals surface area contributed by atoms with Gasteiger partial charge in [-0.3, -0.25) is 14.9 Å². The average molecular weight is 385 g/mol. The Bertz CT molecular complexity index is 904. The molecule has 0 bridgehead atoms. The monoisotopic (exact) mass is 385 g/mol. The van der Waals surface area contributed by atoms with Crippen LogP contribution in [0.4, 0.5) is 5.13 Å². The second-order valence-corrected chi connectivity index (χ2v) is 8.15. The molecule has 5 rings (SSSR count). The number of likely N-dealkylation sites (tertiary alicyclic amines) is 1. The SMILES string of the molecule is O=C(Nc1nc2c(s1)COCC2)C(=O)N1CCC2(C1)OCc1ccccc12. The van der Waals surface area contributed by atoms with Crippen LogP contribution in [0.3, 0.4) is 0 Å². The van der Waals surface area contributed by atoms with E-state index in [1.165, 1.54) is 11.3 Å². The third kappa shape index (κ3) is 2.84. The van der Waals surface area contributed by atoms with Crippen LogP contribution in [0.1, 0.15) is 28.1 Å². The van der Waals surface area contributed by atoms with Crippen molar-refractivity contribution in [2.75, 3.05) is 25.0 Å². The fourth-order valence-electron chi connectivity index (χ4n) is 4.05. The molecule has 1 unspecified atom stereocenters. The number of carbonyl (C=O) groups excluding carboxylic acids is 2. The Morgan fingerprint density at radius 2 is 2.15 bits per heavy atom. The number of anilines is 1. The second-order valence-electron chi connectivity index (χ2n) is 7.06. The molecule has 2 aromatic rings. The van der Waals surface area contributed by atoms with E-state index in [-0.39, 0.29) is 0 Å². The summed E-state index contributed by atoms with van der Waals surface area (Å²) in [6, 6.07) is 8.08. The van der Waals surface area contributed by atoms with Gasteiger partial charge in [-0.25, -0.2) is 4.98 Å². The number of amides is 2. The summed E-state index contributed by atoms with van der Waals surface area (Å²) in [5.74, 6) is -1.19. The molecule has 1 spiro atoms. The van der Waals surface area contributed by atoms with Crippen LogP contribution in [0, 0.1) is 0 Å². The quantitative estimate of drug-likeness (QED) is 0.758. The van der Waals surface area contributed by atoms with Crippen molar-refractivity contribution in [1.82, 2.24) is 9.88 Å². The molecule has 0 radical (unpaired) electrons. The normalized spacial score (nSPS) is 23.3. The molecule has 1 aromatic heterocycles. The van der Waals surface area contributed by atoms with Crippen molar-refractivity contribution in [2.24, 2.45) is 0 Å². The number of benzene rings is 1. The van der Waals surface area contributed by atoms with Gasteiger partial charge in [0.1, 0.15) is 5.60 Å². The van der Waals surface area contributed by atoms with Crippen molar-refractivity contribution in [2.45, 2.75) is 31.7 Å². The van der Waals surface area contributed by atoms with Gasteiger partial charge >= 0.3 is 11.8 Å². The van der Waals surface area contributed by atoms with E-state index in [4.69, 9.17) is 9.47 Å². The highest BCUT2D eigenvalue weighted by Gasteiger charge is 2.47. The van der Waals surface area contributed by atoms with Gasteiger partial charge in [-0.15, -0.1) is 0 Å². The van der Waals surface area contributed by atoms with E-state index in [0.29, 0.717) is 44.5 Å². The third-order valence-electron chi connectivity index (χ3n) is 5.44. The number of rotatable bonds is 1. The van der Waals surface area contributed by atoms with E-state index in [9.17, 15) is 9.59 Å². The standard InChI is InChI=1S/C19H19N3O4S/c23-16(21-18-20-14-5-8-25-10-15(14)27-18)17(24)22-7-6-19(11-22)13-4-2-1-3-12(13)9-26-19/h1-4H,5-11H2,(H,20,21,23). The molecule has 3 aliphatic rings. The number of hydrogen-bond donors (Lipinski definition) is 1. The highest BCUT2D eigenvalue weighted by atomic mass is 32.1. The van der Waals surface area contributed by atoms with Gasteiger partial charge in [0, 0.05) is 13.0 Å². The van der Waals surface area contributed by atoms with Crippen molar-refractivity contribution in [1.29, 1.82) is 0 Å². The van der Waals surface area contributed by atoms with Gasteiger partial charge in [0.15, 0.2) is 5.13 Å². The van der Waals surface area contributed by atoms with E-state index in [1.54, 1.807) is 4.90 Å². The van der Waals surface area contributed by atoms with Crippen molar-refractivity contribution < 1.29 is 19.1 Å². The Balaban J connectivity index is 1.28. The third-order valence-corrected chi connectivity index (χ3v) is 6.43. The Morgan fingerprint density at radius 3 is 3.04 bits per heavy atom. The minimum absolute atomic E-state index is 0.401. The molecular weight excluding hydrogens is 366 g/mol. The van der Waals surface area contributed by atoms with Gasteiger partial charge in [0.25, 0.3) is 0 Å². The summed E-state index contributed by atoms with van der Waals surface area (Å²) in [5, 5.41) is 3.11. The molecule has 140 valence electrons. The van der Waals surface area contributed by atoms with Gasteiger partial charge < -0.3 is 14.4 Å². The molecule has 0 saturated carbocycles. The maximum absolute atomic E-state index is 12.7. The van der Waals surface area contributed by atoms with E-state index in [0.717, 1.165) is 28.1 Å². The Kier molecular flexibility index (Phi) is 3.99. The molecule has 2 amide bonds. The molecular formula is C19H19N3O4S. The van der Waals surface area contributed by atoms with Crippen LogP contribution in [0.15, 0.2) is 24.3 Å². The molecule has 1 N–H and O–H groups in total. The second kappa shape index (κ2) is 6.40. The van der Waals surface area contributed by atoms with E-state index < -0.39 is 17.4 Å². The Morgan fingerprint density at radius 1 is 1.26 bits per heavy atom. The lowest BCUT2D eigenvalue weighted by Gasteiger charge is -2.24. The molecule has 1 aromatic carbocycles. The van der Waals surface area contributed by atoms with Gasteiger partial charge in [-0.1, -0.05) is 35.6 Å². The van der Waals surface area contributed by atoms with Crippen LogP contribution < -0.4 is 5.32 Å². The maximum atomic E-state index is 12.7. The van der Waals surface area contributed by atoms with Crippen molar-refractivity contribution >= 4 is 28.3 Å². The first kappa shape index (κ1) is 16.9. The van der Waals surface area contributed by atoms with Crippen LogP contribution in [-0.4, -0.2) is 41.4 Å². The lowest BCUT2D eigenvalue weighted by atomic mass is 9.92. The molecule has 3 aliphatic heterocycles.